The molecule has 0 aliphatic rings. The van der Waals surface area contributed by atoms with E-state index in [1.54, 1.807) is 13.2 Å². The number of ether oxygens (including phenoxy) is 1. The van der Waals surface area contributed by atoms with Gasteiger partial charge in [-0.25, -0.2) is 9.97 Å². The lowest BCUT2D eigenvalue weighted by Gasteiger charge is -2.08. The molecule has 120 valence electrons. The van der Waals surface area contributed by atoms with Gasteiger partial charge < -0.3 is 10.1 Å². The number of carbonyl (C=O) groups excluding carboxylic acids is 1. The Morgan fingerprint density at radius 2 is 2.17 bits per heavy atom. The second-order valence-corrected chi connectivity index (χ2v) is 5.87. The molecule has 0 unspecified atom stereocenters. The van der Waals surface area contributed by atoms with E-state index in [0.29, 0.717) is 17.5 Å². The van der Waals surface area contributed by atoms with Crippen molar-refractivity contribution in [1.82, 2.24) is 15.3 Å². The number of nitrogens with zero attached hydrogens (tertiary/aromatic N) is 2. The fraction of sp³-hybridized carbons (Fsp3) is 0.188. The van der Waals surface area contributed by atoms with Crippen LogP contribution in [0.25, 0.3) is 0 Å². The third-order valence-electron chi connectivity index (χ3n) is 2.88. The average molecular weight is 350 g/mol. The van der Waals surface area contributed by atoms with E-state index in [4.69, 9.17) is 16.3 Å². The number of carbonyl (C=O) groups is 1. The predicted molar refractivity (Wildman–Crippen MR) is 92.1 cm³/mol. The van der Waals surface area contributed by atoms with Gasteiger partial charge in [-0.1, -0.05) is 41.6 Å². The smallest absolute Gasteiger partial charge is 0.271 e. The SMILES string of the molecule is C=CCSc1ncc(Cl)c(C(=O)NCc2ccc(OC)cc2)n1. The molecule has 0 bridgehead atoms. The quantitative estimate of drug-likeness (QED) is 0.472. The fourth-order valence-corrected chi connectivity index (χ4v) is 2.45. The molecule has 1 heterocycles. The fourth-order valence-electron chi connectivity index (χ4n) is 1.72. The molecule has 0 aliphatic carbocycles. The number of nitrogens with one attached hydrogen (secondary N) is 1. The topological polar surface area (TPSA) is 64.1 Å². The second kappa shape index (κ2) is 8.55. The van der Waals surface area contributed by atoms with Crippen molar-refractivity contribution >= 4 is 29.3 Å². The summed E-state index contributed by atoms with van der Waals surface area (Å²) in [5, 5.41) is 3.51. The summed E-state index contributed by atoms with van der Waals surface area (Å²) in [5.74, 6) is 1.09. The van der Waals surface area contributed by atoms with Gasteiger partial charge in [0.1, 0.15) is 5.75 Å². The van der Waals surface area contributed by atoms with E-state index in [-0.39, 0.29) is 16.6 Å². The van der Waals surface area contributed by atoms with Gasteiger partial charge in [0, 0.05) is 12.3 Å². The molecule has 0 aliphatic heterocycles. The number of rotatable bonds is 7. The summed E-state index contributed by atoms with van der Waals surface area (Å²) in [6.07, 6.45) is 3.17. The maximum Gasteiger partial charge on any atom is 0.271 e. The maximum atomic E-state index is 12.2. The highest BCUT2D eigenvalue weighted by molar-refractivity contribution is 7.99. The Kier molecular flexibility index (Phi) is 6.43. The summed E-state index contributed by atoms with van der Waals surface area (Å²) in [5.41, 5.74) is 1.12. The van der Waals surface area contributed by atoms with Crippen LogP contribution in [0, 0.1) is 0 Å². The van der Waals surface area contributed by atoms with Crippen molar-refractivity contribution in [3.05, 3.63) is 59.4 Å². The van der Waals surface area contributed by atoms with Crippen LogP contribution in [0.3, 0.4) is 0 Å². The van der Waals surface area contributed by atoms with Crippen LogP contribution in [0.15, 0.2) is 48.3 Å². The van der Waals surface area contributed by atoms with Crippen LogP contribution in [0.1, 0.15) is 16.1 Å². The monoisotopic (exact) mass is 349 g/mol. The first-order chi connectivity index (χ1) is 11.1. The van der Waals surface area contributed by atoms with Gasteiger partial charge in [0.25, 0.3) is 5.91 Å². The minimum Gasteiger partial charge on any atom is -0.497 e. The van der Waals surface area contributed by atoms with Crippen LogP contribution in [-0.4, -0.2) is 28.7 Å². The maximum absolute atomic E-state index is 12.2. The number of thioether (sulfide) groups is 1. The number of aromatic nitrogens is 2. The third-order valence-corrected chi connectivity index (χ3v) is 4.01. The normalized spacial score (nSPS) is 10.2. The van der Waals surface area contributed by atoms with E-state index in [9.17, 15) is 4.79 Å². The van der Waals surface area contributed by atoms with E-state index in [1.165, 1.54) is 18.0 Å². The molecule has 0 saturated carbocycles. The largest absolute Gasteiger partial charge is 0.497 e. The Morgan fingerprint density at radius 3 is 2.83 bits per heavy atom. The highest BCUT2D eigenvalue weighted by Gasteiger charge is 2.14. The molecule has 1 amide bonds. The number of benzene rings is 1. The molecule has 23 heavy (non-hydrogen) atoms. The summed E-state index contributed by atoms with van der Waals surface area (Å²) in [6, 6.07) is 7.44. The van der Waals surface area contributed by atoms with Gasteiger partial charge in [0.2, 0.25) is 0 Å². The van der Waals surface area contributed by atoms with Gasteiger partial charge in [0.15, 0.2) is 10.9 Å². The molecule has 7 heteroatoms. The predicted octanol–water partition coefficient (Wildman–Crippen LogP) is 3.35. The van der Waals surface area contributed by atoms with Crippen LogP contribution in [0.2, 0.25) is 5.02 Å². The van der Waals surface area contributed by atoms with Crippen molar-refractivity contribution in [3.63, 3.8) is 0 Å². The summed E-state index contributed by atoms with van der Waals surface area (Å²) >= 11 is 7.40. The molecule has 5 nitrogen and oxygen atoms in total. The number of halogens is 1. The summed E-state index contributed by atoms with van der Waals surface area (Å²) in [7, 11) is 1.61. The van der Waals surface area contributed by atoms with Crippen molar-refractivity contribution < 1.29 is 9.53 Å². The van der Waals surface area contributed by atoms with Crippen LogP contribution >= 0.6 is 23.4 Å². The minimum atomic E-state index is -0.339. The number of methoxy groups -OCH3 is 1. The average Bonchev–Trinajstić information content (AvgIpc) is 2.59. The Bertz CT molecular complexity index is 692. The molecule has 1 aromatic heterocycles. The lowest BCUT2D eigenvalue weighted by molar-refractivity contribution is 0.0945. The Balaban J connectivity index is 2.02. The molecule has 1 aromatic carbocycles. The molecule has 1 N–H and O–H groups in total. The second-order valence-electron chi connectivity index (χ2n) is 4.48. The zero-order chi connectivity index (χ0) is 16.7. The summed E-state index contributed by atoms with van der Waals surface area (Å²) in [6.45, 7) is 4.01. The highest BCUT2D eigenvalue weighted by Crippen LogP contribution is 2.18. The van der Waals surface area contributed by atoms with Crippen molar-refractivity contribution in [2.24, 2.45) is 0 Å². The first-order valence-electron chi connectivity index (χ1n) is 6.81. The zero-order valence-electron chi connectivity index (χ0n) is 12.6. The molecule has 0 radical (unpaired) electrons. The molecule has 0 atom stereocenters. The van der Waals surface area contributed by atoms with E-state index >= 15 is 0 Å². The Labute approximate surface area is 144 Å². The van der Waals surface area contributed by atoms with Gasteiger partial charge in [-0.2, -0.15) is 0 Å². The summed E-state index contributed by atoms with van der Waals surface area (Å²) in [4.78, 5) is 20.5. The van der Waals surface area contributed by atoms with Gasteiger partial charge >= 0.3 is 0 Å². The molecule has 0 spiro atoms. The highest BCUT2D eigenvalue weighted by atomic mass is 35.5. The van der Waals surface area contributed by atoms with Gasteiger partial charge in [-0.15, -0.1) is 6.58 Å². The standard InChI is InChI=1S/C16H16ClN3O2S/c1-3-8-23-16-19-10-13(17)14(20-16)15(21)18-9-11-4-6-12(22-2)7-5-11/h3-7,10H,1,8-9H2,2H3,(H,18,21). The minimum absolute atomic E-state index is 0.168. The first-order valence-corrected chi connectivity index (χ1v) is 8.17. The zero-order valence-corrected chi connectivity index (χ0v) is 14.2. The van der Waals surface area contributed by atoms with Gasteiger partial charge in [-0.05, 0) is 17.7 Å². The van der Waals surface area contributed by atoms with Crippen LogP contribution in [0.5, 0.6) is 5.75 Å². The van der Waals surface area contributed by atoms with Crippen LogP contribution in [0.4, 0.5) is 0 Å². The first kappa shape index (κ1) is 17.3. The molecule has 2 aromatic rings. The van der Waals surface area contributed by atoms with Crippen molar-refractivity contribution in [2.45, 2.75) is 11.7 Å². The van der Waals surface area contributed by atoms with E-state index in [0.717, 1.165) is 11.3 Å². The van der Waals surface area contributed by atoms with E-state index in [2.05, 4.69) is 21.9 Å². The van der Waals surface area contributed by atoms with Crippen molar-refractivity contribution in [1.29, 1.82) is 0 Å². The van der Waals surface area contributed by atoms with Crippen molar-refractivity contribution in [3.8, 4) is 5.75 Å². The number of hydrogen-bond acceptors (Lipinski definition) is 5. The van der Waals surface area contributed by atoms with Gasteiger partial charge in [-0.3, -0.25) is 4.79 Å². The molecule has 0 fully saturated rings. The van der Waals surface area contributed by atoms with Crippen LogP contribution in [-0.2, 0) is 6.54 Å². The number of amides is 1. The molecular formula is C16H16ClN3O2S. The number of hydrogen-bond donors (Lipinski definition) is 1. The Hall–Kier alpha value is -2.05. The van der Waals surface area contributed by atoms with Crippen molar-refractivity contribution in [2.75, 3.05) is 12.9 Å². The van der Waals surface area contributed by atoms with E-state index in [1.807, 2.05) is 24.3 Å². The third kappa shape index (κ3) is 4.97. The Morgan fingerprint density at radius 1 is 1.43 bits per heavy atom. The summed E-state index contributed by atoms with van der Waals surface area (Å²) < 4.78 is 5.09. The molecular weight excluding hydrogens is 334 g/mol. The lowest BCUT2D eigenvalue weighted by Crippen LogP contribution is -2.24. The molecule has 0 saturated heterocycles. The van der Waals surface area contributed by atoms with Crippen LogP contribution < -0.4 is 10.1 Å². The molecule has 2 rings (SSSR count). The van der Waals surface area contributed by atoms with Gasteiger partial charge in [0.05, 0.1) is 18.3 Å². The lowest BCUT2D eigenvalue weighted by atomic mass is 10.2. The van der Waals surface area contributed by atoms with E-state index < -0.39 is 0 Å².